The predicted molar refractivity (Wildman–Crippen MR) is 171 cm³/mol. The number of benzene rings is 2. The second kappa shape index (κ2) is 15.3. The number of phenols is 1. The monoisotopic (exact) mass is 617 g/mol. The number of nitrogens with zero attached hydrogens (tertiary/aromatic N) is 1. The van der Waals surface area contributed by atoms with Crippen molar-refractivity contribution in [3.63, 3.8) is 0 Å². The summed E-state index contributed by atoms with van der Waals surface area (Å²) in [6.45, 7) is 8.86. The number of phenolic OH excluding ortho intramolecular Hbond substituents is 1. The molecule has 42 heavy (non-hydrogen) atoms. The molecule has 4 atom stereocenters. The molecule has 2 aromatic rings. The van der Waals surface area contributed by atoms with Crippen LogP contribution >= 0.6 is 25.3 Å². The van der Waals surface area contributed by atoms with E-state index in [4.69, 9.17) is 11.5 Å². The van der Waals surface area contributed by atoms with Gasteiger partial charge in [0, 0.05) is 23.5 Å². The van der Waals surface area contributed by atoms with Crippen molar-refractivity contribution in [1.29, 1.82) is 0 Å². The van der Waals surface area contributed by atoms with Crippen molar-refractivity contribution >= 4 is 48.9 Å². The number of rotatable bonds is 14. The number of carbonyl (C=O) groups excluding carboxylic acids is 4. The minimum atomic E-state index is -1.09. The van der Waals surface area contributed by atoms with Crippen LogP contribution in [-0.4, -0.2) is 74.8 Å². The Morgan fingerprint density at radius 1 is 0.976 bits per heavy atom. The van der Waals surface area contributed by atoms with E-state index in [0.717, 1.165) is 22.3 Å². The summed E-state index contributed by atoms with van der Waals surface area (Å²) in [5.74, 6) is -2.36. The van der Waals surface area contributed by atoms with Crippen molar-refractivity contribution < 1.29 is 24.3 Å². The van der Waals surface area contributed by atoms with E-state index in [2.05, 4.69) is 35.9 Å². The highest BCUT2D eigenvalue weighted by molar-refractivity contribution is 7.81. The average Bonchev–Trinajstić information content (AvgIpc) is 2.90. The lowest BCUT2D eigenvalue weighted by Gasteiger charge is -2.38. The van der Waals surface area contributed by atoms with Gasteiger partial charge >= 0.3 is 0 Å². The zero-order chi connectivity index (χ0) is 31.8. The van der Waals surface area contributed by atoms with Crippen LogP contribution in [0.15, 0.2) is 42.5 Å². The van der Waals surface area contributed by atoms with Crippen LogP contribution in [0.5, 0.6) is 5.75 Å². The fraction of sp³-hybridized carbons (Fsp3) is 0.467. The topological polar surface area (TPSA) is 168 Å². The van der Waals surface area contributed by atoms with Gasteiger partial charge in [-0.15, -0.1) is 0 Å². The second-order valence-corrected chi connectivity index (χ2v) is 12.5. The molecule has 0 aliphatic heterocycles. The number of likely N-dealkylation sites (N-methyl/N-ethyl adjacent to an activating group) is 1. The van der Waals surface area contributed by atoms with Gasteiger partial charge in [0.2, 0.25) is 23.6 Å². The number of hydrogen-bond acceptors (Lipinski definition) is 8. The van der Waals surface area contributed by atoms with Crippen LogP contribution in [0.1, 0.15) is 43.0 Å². The Bertz CT molecular complexity index is 1250. The van der Waals surface area contributed by atoms with Gasteiger partial charge in [0.15, 0.2) is 0 Å². The number of aromatic hydroxyl groups is 1. The highest BCUT2D eigenvalue weighted by Crippen LogP contribution is 2.24. The van der Waals surface area contributed by atoms with Crippen LogP contribution in [-0.2, 0) is 32.0 Å². The molecule has 0 aromatic heterocycles. The lowest BCUT2D eigenvalue weighted by atomic mass is 9.96. The minimum Gasteiger partial charge on any atom is -0.508 e. The SMILES string of the molecule is CCN(C(=O)[C@H](Cc1ccccc1)NC(=O)[C@@H](CS)NC(=O)[C@@H](N)Cc1c(C)cc(O)cc1C)[C@@H](C(N)=O)C(C)(C)S. The third kappa shape index (κ3) is 9.40. The van der Waals surface area contributed by atoms with Crippen LogP contribution in [0, 0.1) is 13.8 Å². The number of nitrogens with one attached hydrogen (secondary N) is 2. The van der Waals surface area contributed by atoms with Crippen LogP contribution in [0.25, 0.3) is 0 Å². The molecule has 10 nitrogen and oxygen atoms in total. The molecule has 0 radical (unpaired) electrons. The van der Waals surface area contributed by atoms with Gasteiger partial charge in [0.25, 0.3) is 0 Å². The third-order valence-electron chi connectivity index (χ3n) is 7.03. The largest absolute Gasteiger partial charge is 0.508 e. The van der Waals surface area contributed by atoms with Crippen molar-refractivity contribution in [3.8, 4) is 5.75 Å². The normalized spacial score (nSPS) is 14.3. The average molecular weight is 618 g/mol. The fourth-order valence-corrected chi connectivity index (χ4v) is 5.47. The van der Waals surface area contributed by atoms with Gasteiger partial charge in [0.1, 0.15) is 23.9 Å². The van der Waals surface area contributed by atoms with Gasteiger partial charge in [-0.2, -0.15) is 25.3 Å². The van der Waals surface area contributed by atoms with Crippen molar-refractivity contribution in [1.82, 2.24) is 15.5 Å². The van der Waals surface area contributed by atoms with E-state index < -0.39 is 52.5 Å². The maximum absolute atomic E-state index is 13.9. The number of primary amides is 1. The maximum Gasteiger partial charge on any atom is 0.246 e. The Labute approximate surface area is 258 Å². The third-order valence-corrected chi connectivity index (χ3v) is 7.64. The first-order valence-corrected chi connectivity index (χ1v) is 14.8. The molecular weight excluding hydrogens is 574 g/mol. The van der Waals surface area contributed by atoms with Crippen molar-refractivity contribution in [2.75, 3.05) is 12.3 Å². The van der Waals surface area contributed by atoms with E-state index in [-0.39, 0.29) is 30.9 Å². The molecule has 0 unspecified atom stereocenters. The number of nitrogens with two attached hydrogens (primary N) is 2. The lowest BCUT2D eigenvalue weighted by Crippen LogP contribution is -2.62. The van der Waals surface area contributed by atoms with E-state index in [9.17, 15) is 24.3 Å². The quantitative estimate of drug-likeness (QED) is 0.158. The van der Waals surface area contributed by atoms with Crippen molar-refractivity contribution in [3.05, 3.63) is 64.7 Å². The van der Waals surface area contributed by atoms with Gasteiger partial charge in [-0.05, 0) is 75.4 Å². The zero-order valence-corrected chi connectivity index (χ0v) is 26.5. The summed E-state index contributed by atoms with van der Waals surface area (Å²) < 4.78 is -0.954. The van der Waals surface area contributed by atoms with Crippen LogP contribution < -0.4 is 22.1 Å². The molecule has 0 saturated carbocycles. The molecule has 0 fully saturated rings. The number of hydrogen-bond donors (Lipinski definition) is 7. The molecule has 2 aromatic carbocycles. The smallest absolute Gasteiger partial charge is 0.246 e. The van der Waals surface area contributed by atoms with Gasteiger partial charge in [-0.3, -0.25) is 19.2 Å². The number of aryl methyl sites for hydroxylation is 2. The zero-order valence-electron chi connectivity index (χ0n) is 24.8. The predicted octanol–water partition coefficient (Wildman–Crippen LogP) is 1.43. The summed E-state index contributed by atoms with van der Waals surface area (Å²) in [7, 11) is 0. The number of thiol groups is 2. The van der Waals surface area contributed by atoms with Crippen LogP contribution in [0.3, 0.4) is 0 Å². The summed E-state index contributed by atoms with van der Waals surface area (Å²) in [6, 6.07) is 8.10. The molecule has 0 bridgehead atoms. The summed E-state index contributed by atoms with van der Waals surface area (Å²) in [5, 5.41) is 15.2. The first kappa shape index (κ1) is 35.0. The second-order valence-electron chi connectivity index (χ2n) is 10.9. The Morgan fingerprint density at radius 2 is 1.52 bits per heavy atom. The highest BCUT2D eigenvalue weighted by Gasteiger charge is 2.40. The van der Waals surface area contributed by atoms with Gasteiger partial charge in [-0.1, -0.05) is 30.3 Å². The summed E-state index contributed by atoms with van der Waals surface area (Å²) in [5.41, 5.74) is 15.1. The van der Waals surface area contributed by atoms with Crippen LogP contribution in [0.4, 0.5) is 0 Å². The molecule has 7 N–H and O–H groups in total. The first-order valence-electron chi connectivity index (χ1n) is 13.7. The number of carbonyl (C=O) groups is 4. The summed E-state index contributed by atoms with van der Waals surface area (Å²) in [6.07, 6.45) is 0.325. The molecule has 0 saturated heterocycles. The summed E-state index contributed by atoms with van der Waals surface area (Å²) in [4.78, 5) is 54.0. The van der Waals surface area contributed by atoms with Gasteiger partial charge in [0.05, 0.1) is 6.04 Å². The van der Waals surface area contributed by atoms with E-state index in [0.29, 0.717) is 0 Å². The number of amides is 4. The van der Waals surface area contributed by atoms with Crippen molar-refractivity contribution in [2.45, 2.75) is 76.4 Å². The maximum atomic E-state index is 13.9. The first-order chi connectivity index (χ1) is 19.6. The Balaban J connectivity index is 2.28. The molecule has 4 amide bonds. The Hall–Kier alpha value is -3.22. The van der Waals surface area contributed by atoms with E-state index in [1.807, 2.05) is 44.2 Å². The molecule has 0 heterocycles. The van der Waals surface area contributed by atoms with Crippen LogP contribution in [0.2, 0.25) is 0 Å². The lowest BCUT2D eigenvalue weighted by molar-refractivity contribution is -0.143. The molecule has 0 aliphatic rings. The summed E-state index contributed by atoms with van der Waals surface area (Å²) >= 11 is 8.77. The molecule has 2 rings (SSSR count). The van der Waals surface area contributed by atoms with Crippen molar-refractivity contribution in [2.24, 2.45) is 11.5 Å². The molecule has 230 valence electrons. The van der Waals surface area contributed by atoms with E-state index in [1.54, 1.807) is 32.9 Å². The van der Waals surface area contributed by atoms with Gasteiger partial charge < -0.3 is 32.1 Å². The molecule has 0 spiro atoms. The Morgan fingerprint density at radius 3 is 2.00 bits per heavy atom. The van der Waals surface area contributed by atoms with E-state index in [1.165, 1.54) is 4.90 Å². The standard InChI is InChI=1S/C30H43N5O5S2/c1-6-35(25(26(32)37)30(4,5)42)29(40)23(14-19-10-8-7-9-11-19)33-28(39)24(16-41)34-27(38)22(31)15-21-17(2)12-20(36)13-18(21)3/h7-13,22-25,36,41-42H,6,14-16,31H2,1-5H3,(H2,32,37)(H,33,39)(H,34,38)/t22-,23-,24+,25-/m0/s1. The molecule has 12 heteroatoms. The van der Waals surface area contributed by atoms with E-state index >= 15 is 0 Å². The highest BCUT2D eigenvalue weighted by atomic mass is 32.1. The minimum absolute atomic E-state index is 0.0567. The molecular formula is C30H43N5O5S2. The fourth-order valence-electron chi connectivity index (χ4n) is 4.95. The molecule has 0 aliphatic carbocycles. The van der Waals surface area contributed by atoms with Gasteiger partial charge in [-0.25, -0.2) is 0 Å². The Kier molecular flexibility index (Phi) is 12.7.